The van der Waals surface area contributed by atoms with E-state index < -0.39 is 0 Å². The Balaban J connectivity index is 2.38. The van der Waals surface area contributed by atoms with Gasteiger partial charge in [0.1, 0.15) is 0 Å². The molecule has 0 aliphatic rings. The fourth-order valence-electron chi connectivity index (χ4n) is 1.72. The van der Waals surface area contributed by atoms with Gasteiger partial charge in [-0.15, -0.1) is 0 Å². The zero-order valence-corrected chi connectivity index (χ0v) is 10.2. The van der Waals surface area contributed by atoms with E-state index in [9.17, 15) is 0 Å². The highest BCUT2D eigenvalue weighted by Crippen LogP contribution is 2.16. The minimum atomic E-state index is 0.555. The topological polar surface area (TPSA) is 12.0 Å². The summed E-state index contributed by atoms with van der Waals surface area (Å²) in [4.78, 5) is 0. The number of hydrogen-bond acceptors (Lipinski definition) is 1. The van der Waals surface area contributed by atoms with Gasteiger partial charge in [-0.2, -0.15) is 0 Å². The molecule has 0 saturated heterocycles. The Morgan fingerprint density at radius 1 is 1.13 bits per heavy atom. The van der Waals surface area contributed by atoms with Crippen LogP contribution in [-0.4, -0.2) is 6.04 Å². The number of anilines is 1. The molecule has 1 N–H and O–H groups in total. The monoisotopic (exact) mass is 205 g/mol. The SMILES string of the molecule is CCCC[C@@H](C)[C@@H](C)Nc1ccccc1. The first-order chi connectivity index (χ1) is 7.24. The van der Waals surface area contributed by atoms with Gasteiger partial charge in [0.25, 0.3) is 0 Å². The Bertz CT molecular complexity index is 255. The van der Waals surface area contributed by atoms with Crippen molar-refractivity contribution in [1.29, 1.82) is 0 Å². The van der Waals surface area contributed by atoms with Gasteiger partial charge in [-0.1, -0.05) is 44.9 Å². The molecule has 15 heavy (non-hydrogen) atoms. The van der Waals surface area contributed by atoms with Crippen molar-refractivity contribution < 1.29 is 0 Å². The van der Waals surface area contributed by atoms with Gasteiger partial charge < -0.3 is 5.32 Å². The first kappa shape index (κ1) is 12.1. The van der Waals surface area contributed by atoms with E-state index in [4.69, 9.17) is 0 Å². The molecule has 0 unspecified atom stereocenters. The maximum atomic E-state index is 3.55. The van der Waals surface area contributed by atoms with E-state index in [-0.39, 0.29) is 0 Å². The van der Waals surface area contributed by atoms with E-state index >= 15 is 0 Å². The van der Waals surface area contributed by atoms with Crippen LogP contribution in [0.3, 0.4) is 0 Å². The molecule has 0 saturated carbocycles. The van der Waals surface area contributed by atoms with Crippen LogP contribution in [0.5, 0.6) is 0 Å². The van der Waals surface area contributed by atoms with Crippen molar-refractivity contribution in [2.24, 2.45) is 5.92 Å². The number of nitrogens with one attached hydrogen (secondary N) is 1. The Hall–Kier alpha value is -0.980. The Kier molecular flexibility index (Phi) is 5.23. The van der Waals surface area contributed by atoms with Gasteiger partial charge in [0.05, 0.1) is 0 Å². The number of unbranched alkanes of at least 4 members (excludes halogenated alkanes) is 1. The molecule has 1 aromatic carbocycles. The average Bonchev–Trinajstić information content (AvgIpc) is 2.27. The second-order valence-electron chi connectivity index (χ2n) is 4.42. The Morgan fingerprint density at radius 2 is 1.80 bits per heavy atom. The third-order valence-electron chi connectivity index (χ3n) is 3.03. The smallest absolute Gasteiger partial charge is 0.0342 e. The molecule has 0 fully saturated rings. The summed E-state index contributed by atoms with van der Waals surface area (Å²) in [6.45, 7) is 6.85. The van der Waals surface area contributed by atoms with Crippen LogP contribution in [0.25, 0.3) is 0 Å². The predicted octanol–water partition coefficient (Wildman–Crippen LogP) is 4.31. The molecule has 0 aliphatic carbocycles. The maximum absolute atomic E-state index is 3.55. The predicted molar refractivity (Wildman–Crippen MR) is 68.2 cm³/mol. The van der Waals surface area contributed by atoms with Crippen LogP contribution in [0.2, 0.25) is 0 Å². The normalized spacial score (nSPS) is 14.6. The molecule has 0 spiro atoms. The Morgan fingerprint density at radius 3 is 2.40 bits per heavy atom. The van der Waals surface area contributed by atoms with E-state index in [1.807, 2.05) is 0 Å². The summed E-state index contributed by atoms with van der Waals surface area (Å²) in [7, 11) is 0. The summed E-state index contributed by atoms with van der Waals surface area (Å²) in [5.74, 6) is 0.741. The van der Waals surface area contributed by atoms with Gasteiger partial charge in [-0.3, -0.25) is 0 Å². The molecular formula is C14H23N. The largest absolute Gasteiger partial charge is 0.382 e. The lowest BCUT2D eigenvalue weighted by molar-refractivity contribution is 0.454. The highest BCUT2D eigenvalue weighted by Gasteiger charge is 2.10. The third-order valence-corrected chi connectivity index (χ3v) is 3.03. The highest BCUT2D eigenvalue weighted by atomic mass is 14.9. The summed E-state index contributed by atoms with van der Waals surface area (Å²) in [5, 5.41) is 3.55. The average molecular weight is 205 g/mol. The first-order valence-electron chi connectivity index (χ1n) is 6.05. The summed E-state index contributed by atoms with van der Waals surface area (Å²) in [6.07, 6.45) is 3.95. The number of benzene rings is 1. The third kappa shape index (κ3) is 4.37. The van der Waals surface area contributed by atoms with Crippen molar-refractivity contribution >= 4 is 5.69 Å². The van der Waals surface area contributed by atoms with E-state index in [0.717, 1.165) is 5.92 Å². The fraction of sp³-hybridized carbons (Fsp3) is 0.571. The van der Waals surface area contributed by atoms with Crippen molar-refractivity contribution in [3.05, 3.63) is 30.3 Å². The molecule has 0 aromatic heterocycles. The molecule has 0 amide bonds. The lowest BCUT2D eigenvalue weighted by Gasteiger charge is -2.22. The van der Waals surface area contributed by atoms with E-state index in [1.54, 1.807) is 0 Å². The van der Waals surface area contributed by atoms with Crippen LogP contribution in [-0.2, 0) is 0 Å². The van der Waals surface area contributed by atoms with Gasteiger partial charge in [0.15, 0.2) is 0 Å². The zero-order valence-electron chi connectivity index (χ0n) is 10.2. The van der Waals surface area contributed by atoms with Crippen LogP contribution in [0, 0.1) is 5.92 Å². The van der Waals surface area contributed by atoms with Crippen LogP contribution in [0.1, 0.15) is 40.0 Å². The molecule has 1 nitrogen and oxygen atoms in total. The molecule has 2 atom stereocenters. The summed E-state index contributed by atoms with van der Waals surface area (Å²) in [5.41, 5.74) is 1.23. The van der Waals surface area contributed by atoms with E-state index in [0.29, 0.717) is 6.04 Å². The molecule has 1 heteroatoms. The van der Waals surface area contributed by atoms with Gasteiger partial charge in [-0.05, 0) is 31.4 Å². The summed E-state index contributed by atoms with van der Waals surface area (Å²) < 4.78 is 0. The van der Waals surface area contributed by atoms with E-state index in [1.165, 1.54) is 24.9 Å². The van der Waals surface area contributed by atoms with Crippen LogP contribution in [0.15, 0.2) is 30.3 Å². The fourth-order valence-corrected chi connectivity index (χ4v) is 1.72. The Labute approximate surface area is 93.9 Å². The van der Waals surface area contributed by atoms with E-state index in [2.05, 4.69) is 56.4 Å². The maximum Gasteiger partial charge on any atom is 0.0342 e. The van der Waals surface area contributed by atoms with Crippen molar-refractivity contribution in [1.82, 2.24) is 0 Å². The van der Waals surface area contributed by atoms with Crippen molar-refractivity contribution in [3.8, 4) is 0 Å². The summed E-state index contributed by atoms with van der Waals surface area (Å²) in [6, 6.07) is 11.0. The molecular weight excluding hydrogens is 182 g/mol. The zero-order chi connectivity index (χ0) is 11.1. The van der Waals surface area contributed by atoms with Crippen molar-refractivity contribution in [2.75, 3.05) is 5.32 Å². The second kappa shape index (κ2) is 6.49. The molecule has 0 bridgehead atoms. The molecule has 1 aromatic rings. The lowest BCUT2D eigenvalue weighted by atomic mass is 9.97. The van der Waals surface area contributed by atoms with Crippen molar-refractivity contribution in [2.45, 2.75) is 46.1 Å². The van der Waals surface area contributed by atoms with Gasteiger partial charge in [-0.25, -0.2) is 0 Å². The van der Waals surface area contributed by atoms with Gasteiger partial charge >= 0.3 is 0 Å². The van der Waals surface area contributed by atoms with Gasteiger partial charge in [0, 0.05) is 11.7 Å². The molecule has 0 heterocycles. The molecule has 0 radical (unpaired) electrons. The standard InChI is InChI=1S/C14H23N/c1-4-5-9-12(2)13(3)15-14-10-7-6-8-11-14/h6-8,10-13,15H,4-5,9H2,1-3H3/t12-,13-/m1/s1. The van der Waals surface area contributed by atoms with Crippen LogP contribution >= 0.6 is 0 Å². The quantitative estimate of drug-likeness (QED) is 0.729. The highest BCUT2D eigenvalue weighted by molar-refractivity contribution is 5.43. The number of rotatable bonds is 6. The number of para-hydroxylation sites is 1. The van der Waals surface area contributed by atoms with Gasteiger partial charge in [0.2, 0.25) is 0 Å². The molecule has 1 rings (SSSR count). The summed E-state index contributed by atoms with van der Waals surface area (Å²) >= 11 is 0. The van der Waals surface area contributed by atoms with Crippen LogP contribution in [0.4, 0.5) is 5.69 Å². The number of hydrogen-bond donors (Lipinski definition) is 1. The van der Waals surface area contributed by atoms with Crippen LogP contribution < -0.4 is 5.32 Å². The first-order valence-corrected chi connectivity index (χ1v) is 6.05. The lowest BCUT2D eigenvalue weighted by Crippen LogP contribution is -2.23. The molecule has 84 valence electrons. The minimum Gasteiger partial charge on any atom is -0.382 e. The minimum absolute atomic E-state index is 0.555. The van der Waals surface area contributed by atoms with Crippen molar-refractivity contribution in [3.63, 3.8) is 0 Å². The second-order valence-corrected chi connectivity index (χ2v) is 4.42. The molecule has 0 aliphatic heterocycles.